The van der Waals surface area contributed by atoms with Gasteiger partial charge in [0.1, 0.15) is 0 Å². The van der Waals surface area contributed by atoms with Crippen LogP contribution in [0.15, 0.2) is 30.3 Å². The van der Waals surface area contributed by atoms with Crippen molar-refractivity contribution in [3.63, 3.8) is 0 Å². The summed E-state index contributed by atoms with van der Waals surface area (Å²) in [6, 6.07) is 9.72. The van der Waals surface area contributed by atoms with E-state index < -0.39 is 0 Å². The number of aryl methyl sites for hydroxylation is 2. The average molecular weight is 302 g/mol. The maximum atomic E-state index is 12.7. The van der Waals surface area contributed by atoms with Gasteiger partial charge in [-0.3, -0.25) is 4.79 Å². The number of thiophene rings is 1. The molecule has 2 N–H and O–H groups in total. The van der Waals surface area contributed by atoms with E-state index in [1.807, 2.05) is 42.2 Å². The number of benzene rings is 1. The van der Waals surface area contributed by atoms with Crippen molar-refractivity contribution in [2.45, 2.75) is 33.7 Å². The summed E-state index contributed by atoms with van der Waals surface area (Å²) < 4.78 is 0. The Bertz CT molecular complexity index is 597. The number of nitrogens with two attached hydrogens (primary N) is 1. The maximum Gasteiger partial charge on any atom is 0.264 e. The molecule has 1 amide bonds. The largest absolute Gasteiger partial charge is 0.399 e. The Kier molecular flexibility index (Phi) is 5.02. The van der Waals surface area contributed by atoms with Crippen LogP contribution in [-0.4, -0.2) is 17.4 Å². The van der Waals surface area contributed by atoms with Gasteiger partial charge in [0.25, 0.3) is 5.91 Å². The predicted molar refractivity (Wildman–Crippen MR) is 89.7 cm³/mol. The molecule has 0 spiro atoms. The van der Waals surface area contributed by atoms with Crippen molar-refractivity contribution in [1.82, 2.24) is 4.90 Å². The Labute approximate surface area is 130 Å². The highest BCUT2D eigenvalue weighted by molar-refractivity contribution is 7.14. The summed E-state index contributed by atoms with van der Waals surface area (Å²) in [5, 5.41) is 0. The van der Waals surface area contributed by atoms with Gasteiger partial charge in [-0.2, -0.15) is 0 Å². The fourth-order valence-corrected chi connectivity index (χ4v) is 3.20. The van der Waals surface area contributed by atoms with Gasteiger partial charge < -0.3 is 10.6 Å². The van der Waals surface area contributed by atoms with E-state index in [1.165, 1.54) is 10.4 Å². The number of rotatable bonds is 5. The van der Waals surface area contributed by atoms with Crippen LogP contribution in [0.4, 0.5) is 5.69 Å². The van der Waals surface area contributed by atoms with Crippen LogP contribution in [0.5, 0.6) is 0 Å². The zero-order chi connectivity index (χ0) is 15.4. The van der Waals surface area contributed by atoms with Gasteiger partial charge in [0.15, 0.2) is 0 Å². The Morgan fingerprint density at radius 1 is 1.24 bits per heavy atom. The smallest absolute Gasteiger partial charge is 0.264 e. The lowest BCUT2D eigenvalue weighted by Gasteiger charge is -2.21. The molecule has 0 atom stereocenters. The van der Waals surface area contributed by atoms with Crippen molar-refractivity contribution >= 4 is 22.9 Å². The molecule has 21 heavy (non-hydrogen) atoms. The van der Waals surface area contributed by atoms with Crippen molar-refractivity contribution in [2.75, 3.05) is 12.3 Å². The van der Waals surface area contributed by atoms with E-state index in [4.69, 9.17) is 5.73 Å². The third-order valence-corrected chi connectivity index (χ3v) is 4.65. The van der Waals surface area contributed by atoms with Crippen LogP contribution in [0.25, 0.3) is 0 Å². The molecule has 1 heterocycles. The van der Waals surface area contributed by atoms with Crippen LogP contribution in [0, 0.1) is 13.8 Å². The van der Waals surface area contributed by atoms with Gasteiger partial charge in [-0.15, -0.1) is 11.3 Å². The van der Waals surface area contributed by atoms with Gasteiger partial charge in [0.2, 0.25) is 0 Å². The Balaban J connectivity index is 2.17. The molecular weight excluding hydrogens is 280 g/mol. The highest BCUT2D eigenvalue weighted by Gasteiger charge is 2.18. The third-order valence-electron chi connectivity index (χ3n) is 3.51. The van der Waals surface area contributed by atoms with Crippen LogP contribution < -0.4 is 5.73 Å². The minimum atomic E-state index is 0.120. The van der Waals surface area contributed by atoms with E-state index in [0.29, 0.717) is 6.54 Å². The number of nitrogens with zero attached hydrogens (tertiary/aromatic N) is 1. The molecule has 0 saturated carbocycles. The predicted octanol–water partition coefficient (Wildman–Crippen LogP) is 4.00. The molecule has 2 aromatic rings. The van der Waals surface area contributed by atoms with Crippen LogP contribution in [-0.2, 0) is 6.54 Å². The maximum absolute atomic E-state index is 12.7. The van der Waals surface area contributed by atoms with Crippen LogP contribution >= 0.6 is 11.3 Å². The number of hydrogen-bond acceptors (Lipinski definition) is 3. The zero-order valence-corrected chi connectivity index (χ0v) is 13.7. The first-order valence-corrected chi connectivity index (χ1v) is 8.03. The summed E-state index contributed by atoms with van der Waals surface area (Å²) in [6.07, 6.45) is 0.948. The number of carbonyl (C=O) groups excluding carboxylic acids is 1. The standard InChI is InChI=1S/C17H22N2OS/c1-4-9-19(11-14-5-7-15(18)8-6-14)17(20)16-10-12(2)13(3)21-16/h5-8,10H,4,9,11,18H2,1-3H3. The molecule has 0 saturated heterocycles. The van der Waals surface area contributed by atoms with Crippen LogP contribution in [0.3, 0.4) is 0 Å². The molecule has 4 heteroatoms. The lowest BCUT2D eigenvalue weighted by molar-refractivity contribution is 0.0748. The molecule has 0 radical (unpaired) electrons. The molecule has 0 aliphatic carbocycles. The van der Waals surface area contributed by atoms with Crippen LogP contribution in [0.2, 0.25) is 0 Å². The monoisotopic (exact) mass is 302 g/mol. The van der Waals surface area contributed by atoms with Gasteiger partial charge in [-0.05, 0) is 49.6 Å². The summed E-state index contributed by atoms with van der Waals surface area (Å²) in [5.41, 5.74) is 8.75. The quantitative estimate of drug-likeness (QED) is 0.849. The van der Waals surface area contributed by atoms with Crippen molar-refractivity contribution in [1.29, 1.82) is 0 Å². The normalized spacial score (nSPS) is 10.6. The van der Waals surface area contributed by atoms with Crippen molar-refractivity contribution in [3.8, 4) is 0 Å². The van der Waals surface area contributed by atoms with Gasteiger partial charge in [0.05, 0.1) is 4.88 Å². The summed E-state index contributed by atoms with van der Waals surface area (Å²) in [6.45, 7) is 7.59. The first kappa shape index (κ1) is 15.6. The fourth-order valence-electron chi connectivity index (χ4n) is 2.20. The van der Waals surface area contributed by atoms with Gasteiger partial charge in [-0.25, -0.2) is 0 Å². The lowest BCUT2D eigenvalue weighted by atomic mass is 10.2. The van der Waals surface area contributed by atoms with E-state index in [1.54, 1.807) is 11.3 Å². The summed E-state index contributed by atoms with van der Waals surface area (Å²) >= 11 is 1.58. The molecule has 0 aliphatic heterocycles. The van der Waals surface area contributed by atoms with Gasteiger partial charge >= 0.3 is 0 Å². The number of nitrogen functional groups attached to an aromatic ring is 1. The Morgan fingerprint density at radius 2 is 1.90 bits per heavy atom. The molecule has 2 rings (SSSR count). The molecular formula is C17H22N2OS. The minimum Gasteiger partial charge on any atom is -0.399 e. The molecule has 3 nitrogen and oxygen atoms in total. The Morgan fingerprint density at radius 3 is 2.43 bits per heavy atom. The molecule has 0 fully saturated rings. The first-order valence-electron chi connectivity index (χ1n) is 7.22. The Hall–Kier alpha value is -1.81. The molecule has 0 aliphatic rings. The van der Waals surface area contributed by atoms with Crippen molar-refractivity contribution in [2.24, 2.45) is 0 Å². The topological polar surface area (TPSA) is 46.3 Å². The second-order valence-electron chi connectivity index (χ2n) is 5.32. The highest BCUT2D eigenvalue weighted by Crippen LogP contribution is 2.23. The van der Waals surface area contributed by atoms with Gasteiger partial charge in [-0.1, -0.05) is 19.1 Å². The van der Waals surface area contributed by atoms with E-state index in [0.717, 1.165) is 29.1 Å². The SMILES string of the molecule is CCCN(Cc1ccc(N)cc1)C(=O)c1cc(C)c(C)s1. The summed E-state index contributed by atoms with van der Waals surface area (Å²) in [4.78, 5) is 16.6. The zero-order valence-electron chi connectivity index (χ0n) is 12.8. The average Bonchev–Trinajstić information content (AvgIpc) is 2.80. The molecule has 0 unspecified atom stereocenters. The van der Waals surface area contributed by atoms with E-state index in [-0.39, 0.29) is 5.91 Å². The van der Waals surface area contributed by atoms with E-state index in [9.17, 15) is 4.79 Å². The number of amides is 1. The lowest BCUT2D eigenvalue weighted by Crippen LogP contribution is -2.30. The van der Waals surface area contributed by atoms with Crippen LogP contribution in [0.1, 0.15) is 39.0 Å². The third kappa shape index (κ3) is 3.85. The fraction of sp³-hybridized carbons (Fsp3) is 0.353. The first-order chi connectivity index (χ1) is 10.0. The molecule has 1 aromatic carbocycles. The summed E-state index contributed by atoms with van der Waals surface area (Å²) in [5.74, 6) is 0.120. The molecule has 0 bridgehead atoms. The highest BCUT2D eigenvalue weighted by atomic mass is 32.1. The minimum absolute atomic E-state index is 0.120. The number of carbonyl (C=O) groups is 1. The number of hydrogen-bond donors (Lipinski definition) is 1. The van der Waals surface area contributed by atoms with Crippen molar-refractivity contribution < 1.29 is 4.79 Å². The van der Waals surface area contributed by atoms with E-state index >= 15 is 0 Å². The molecule has 1 aromatic heterocycles. The number of anilines is 1. The van der Waals surface area contributed by atoms with Crippen molar-refractivity contribution in [3.05, 3.63) is 51.2 Å². The summed E-state index contributed by atoms with van der Waals surface area (Å²) in [7, 11) is 0. The second-order valence-corrected chi connectivity index (χ2v) is 6.57. The van der Waals surface area contributed by atoms with Gasteiger partial charge in [0, 0.05) is 23.7 Å². The van der Waals surface area contributed by atoms with E-state index in [2.05, 4.69) is 13.8 Å². The second kappa shape index (κ2) is 6.76. The molecule has 112 valence electrons.